The summed E-state index contributed by atoms with van der Waals surface area (Å²) < 4.78 is 11.4. The van der Waals surface area contributed by atoms with Gasteiger partial charge >= 0.3 is 5.97 Å². The van der Waals surface area contributed by atoms with E-state index < -0.39 is 5.97 Å². The van der Waals surface area contributed by atoms with Gasteiger partial charge in [-0.1, -0.05) is 22.0 Å². The van der Waals surface area contributed by atoms with Crippen LogP contribution in [0.4, 0.5) is 11.5 Å². The SMILES string of the molecule is Nc1cccc(COC(=O)CN2C(=O)COc3cc(Br)ccc32)n1. The van der Waals surface area contributed by atoms with Crippen molar-refractivity contribution in [1.82, 2.24) is 4.98 Å². The van der Waals surface area contributed by atoms with Gasteiger partial charge in [-0.25, -0.2) is 4.98 Å². The fraction of sp³-hybridized carbons (Fsp3) is 0.188. The molecular formula is C16H14BrN3O4. The summed E-state index contributed by atoms with van der Waals surface area (Å²) in [6, 6.07) is 10.3. The number of ether oxygens (including phenoxy) is 2. The maximum absolute atomic E-state index is 12.1. The van der Waals surface area contributed by atoms with Crippen LogP contribution < -0.4 is 15.4 Å². The number of nitrogen functional groups attached to an aromatic ring is 1. The number of rotatable bonds is 4. The van der Waals surface area contributed by atoms with Gasteiger partial charge < -0.3 is 15.2 Å². The van der Waals surface area contributed by atoms with Gasteiger partial charge in [-0.3, -0.25) is 14.5 Å². The lowest BCUT2D eigenvalue weighted by atomic mass is 10.2. The Bertz CT molecular complexity index is 797. The van der Waals surface area contributed by atoms with Crippen LogP contribution in [0.5, 0.6) is 5.75 Å². The number of amides is 1. The molecule has 1 aromatic carbocycles. The van der Waals surface area contributed by atoms with Gasteiger partial charge in [0.25, 0.3) is 5.91 Å². The van der Waals surface area contributed by atoms with Gasteiger partial charge in [0.05, 0.1) is 11.4 Å². The Kier molecular flexibility index (Phi) is 4.66. The standard InChI is InChI=1S/C16H14BrN3O4/c17-10-4-5-12-13(6-10)23-9-15(21)20(12)7-16(22)24-8-11-2-1-3-14(18)19-11/h1-6H,7-9H2,(H2,18,19). The molecule has 0 unspecified atom stereocenters. The Labute approximate surface area is 146 Å². The molecule has 0 atom stereocenters. The lowest BCUT2D eigenvalue weighted by molar-refractivity contribution is -0.144. The normalized spacial score (nSPS) is 13.2. The molecule has 2 aromatic rings. The molecule has 2 N–H and O–H groups in total. The van der Waals surface area contributed by atoms with Crippen molar-refractivity contribution >= 4 is 39.3 Å². The molecule has 1 aromatic heterocycles. The third-order valence-electron chi connectivity index (χ3n) is 3.36. The summed E-state index contributed by atoms with van der Waals surface area (Å²) >= 11 is 3.34. The van der Waals surface area contributed by atoms with Crippen LogP contribution in [0.25, 0.3) is 0 Å². The highest BCUT2D eigenvalue weighted by atomic mass is 79.9. The van der Waals surface area contributed by atoms with Crippen LogP contribution in [0.2, 0.25) is 0 Å². The van der Waals surface area contributed by atoms with Crippen LogP contribution in [-0.2, 0) is 20.9 Å². The minimum atomic E-state index is -0.539. The summed E-state index contributed by atoms with van der Waals surface area (Å²) in [5, 5.41) is 0. The van der Waals surface area contributed by atoms with Crippen molar-refractivity contribution in [2.24, 2.45) is 0 Å². The van der Waals surface area contributed by atoms with Gasteiger partial charge in [-0.15, -0.1) is 0 Å². The Hall–Kier alpha value is -2.61. The number of esters is 1. The van der Waals surface area contributed by atoms with E-state index in [0.717, 1.165) is 4.47 Å². The highest BCUT2D eigenvalue weighted by Gasteiger charge is 2.28. The Morgan fingerprint density at radius 3 is 3.00 bits per heavy atom. The average molecular weight is 392 g/mol. The molecular weight excluding hydrogens is 378 g/mol. The number of aromatic nitrogens is 1. The van der Waals surface area contributed by atoms with E-state index in [4.69, 9.17) is 15.2 Å². The van der Waals surface area contributed by atoms with Crippen LogP contribution in [-0.4, -0.2) is 30.0 Å². The maximum Gasteiger partial charge on any atom is 0.326 e. The van der Waals surface area contributed by atoms with Gasteiger partial charge in [0.15, 0.2) is 6.61 Å². The zero-order valence-corrected chi connectivity index (χ0v) is 14.2. The largest absolute Gasteiger partial charge is 0.482 e. The number of nitrogens with two attached hydrogens (primary N) is 1. The number of fused-ring (bicyclic) bond motifs is 1. The summed E-state index contributed by atoms with van der Waals surface area (Å²) in [6.07, 6.45) is 0. The molecule has 2 heterocycles. The minimum absolute atomic E-state index is 0.00437. The third-order valence-corrected chi connectivity index (χ3v) is 3.85. The van der Waals surface area contributed by atoms with Crippen molar-refractivity contribution in [2.75, 3.05) is 23.8 Å². The number of halogens is 1. The first kappa shape index (κ1) is 16.3. The van der Waals surface area contributed by atoms with E-state index in [1.54, 1.807) is 36.4 Å². The van der Waals surface area contributed by atoms with E-state index >= 15 is 0 Å². The molecule has 1 aliphatic heterocycles. The van der Waals surface area contributed by atoms with E-state index in [0.29, 0.717) is 22.9 Å². The van der Waals surface area contributed by atoms with Crippen LogP contribution in [0.15, 0.2) is 40.9 Å². The maximum atomic E-state index is 12.1. The monoisotopic (exact) mass is 391 g/mol. The summed E-state index contributed by atoms with van der Waals surface area (Å²) in [5.74, 6) is 0.0490. The van der Waals surface area contributed by atoms with Crippen LogP contribution in [0, 0.1) is 0 Å². The molecule has 0 aliphatic carbocycles. The molecule has 1 aliphatic rings. The second-order valence-electron chi connectivity index (χ2n) is 5.10. The number of pyridine rings is 1. The summed E-state index contributed by atoms with van der Waals surface area (Å²) in [7, 11) is 0. The fourth-order valence-corrected chi connectivity index (χ4v) is 2.60. The first-order chi connectivity index (χ1) is 11.5. The highest BCUT2D eigenvalue weighted by molar-refractivity contribution is 9.10. The first-order valence-electron chi connectivity index (χ1n) is 7.12. The zero-order valence-electron chi connectivity index (χ0n) is 12.6. The van der Waals surface area contributed by atoms with E-state index in [2.05, 4.69) is 20.9 Å². The molecule has 0 radical (unpaired) electrons. The molecule has 0 saturated carbocycles. The molecule has 24 heavy (non-hydrogen) atoms. The fourth-order valence-electron chi connectivity index (χ4n) is 2.26. The zero-order chi connectivity index (χ0) is 17.1. The number of anilines is 2. The molecule has 0 saturated heterocycles. The molecule has 7 nitrogen and oxygen atoms in total. The second-order valence-corrected chi connectivity index (χ2v) is 6.01. The Morgan fingerprint density at radius 2 is 2.21 bits per heavy atom. The van der Waals surface area contributed by atoms with E-state index in [1.165, 1.54) is 4.90 Å². The van der Waals surface area contributed by atoms with Crippen molar-refractivity contribution in [3.05, 3.63) is 46.6 Å². The first-order valence-corrected chi connectivity index (χ1v) is 7.92. The average Bonchev–Trinajstić information content (AvgIpc) is 2.56. The Morgan fingerprint density at radius 1 is 1.38 bits per heavy atom. The van der Waals surface area contributed by atoms with Gasteiger partial charge in [0, 0.05) is 4.47 Å². The predicted molar refractivity (Wildman–Crippen MR) is 90.4 cm³/mol. The minimum Gasteiger partial charge on any atom is -0.482 e. The van der Waals surface area contributed by atoms with Crippen molar-refractivity contribution in [2.45, 2.75) is 6.61 Å². The van der Waals surface area contributed by atoms with E-state index in [-0.39, 0.29) is 25.7 Å². The molecule has 0 bridgehead atoms. The third kappa shape index (κ3) is 3.65. The van der Waals surface area contributed by atoms with Gasteiger partial charge in [0.1, 0.15) is 24.7 Å². The molecule has 0 spiro atoms. The lowest BCUT2D eigenvalue weighted by Gasteiger charge is -2.28. The molecule has 1 amide bonds. The van der Waals surface area contributed by atoms with Crippen molar-refractivity contribution < 1.29 is 19.1 Å². The summed E-state index contributed by atoms with van der Waals surface area (Å²) in [5.41, 5.74) is 6.65. The number of carbonyl (C=O) groups is 2. The van der Waals surface area contributed by atoms with Crippen molar-refractivity contribution in [1.29, 1.82) is 0 Å². The Balaban J connectivity index is 1.67. The number of hydrogen-bond donors (Lipinski definition) is 1. The van der Waals surface area contributed by atoms with Gasteiger partial charge in [-0.05, 0) is 30.3 Å². The second kappa shape index (κ2) is 6.88. The molecule has 8 heteroatoms. The lowest BCUT2D eigenvalue weighted by Crippen LogP contribution is -2.42. The van der Waals surface area contributed by atoms with Gasteiger partial charge in [-0.2, -0.15) is 0 Å². The van der Waals surface area contributed by atoms with E-state index in [1.807, 2.05) is 0 Å². The van der Waals surface area contributed by atoms with Crippen molar-refractivity contribution in [3.63, 3.8) is 0 Å². The smallest absolute Gasteiger partial charge is 0.326 e. The molecule has 3 rings (SSSR count). The molecule has 0 fully saturated rings. The number of benzene rings is 1. The molecule has 124 valence electrons. The number of hydrogen-bond acceptors (Lipinski definition) is 6. The van der Waals surface area contributed by atoms with Crippen molar-refractivity contribution in [3.8, 4) is 5.75 Å². The summed E-state index contributed by atoms with van der Waals surface area (Å²) in [4.78, 5) is 29.5. The van der Waals surface area contributed by atoms with E-state index in [9.17, 15) is 9.59 Å². The number of carbonyl (C=O) groups excluding carboxylic acids is 2. The van der Waals surface area contributed by atoms with Crippen LogP contribution in [0.3, 0.4) is 0 Å². The predicted octanol–water partition coefficient (Wildman–Crippen LogP) is 1.90. The topological polar surface area (TPSA) is 94.8 Å². The number of nitrogens with zero attached hydrogens (tertiary/aromatic N) is 2. The van der Waals surface area contributed by atoms with Crippen LogP contribution in [0.1, 0.15) is 5.69 Å². The quantitative estimate of drug-likeness (QED) is 0.799. The van der Waals surface area contributed by atoms with Gasteiger partial charge in [0.2, 0.25) is 0 Å². The van der Waals surface area contributed by atoms with Crippen LogP contribution >= 0.6 is 15.9 Å². The summed E-state index contributed by atoms with van der Waals surface area (Å²) in [6.45, 7) is -0.317. The highest BCUT2D eigenvalue weighted by Crippen LogP contribution is 2.34.